The summed E-state index contributed by atoms with van der Waals surface area (Å²) in [5.41, 5.74) is 1.93. The molecular formula is C18H19N3O2S2. The van der Waals surface area contributed by atoms with E-state index in [1.54, 1.807) is 4.57 Å². The van der Waals surface area contributed by atoms with Crippen LogP contribution in [0.15, 0.2) is 41.2 Å². The van der Waals surface area contributed by atoms with Crippen molar-refractivity contribution in [3.63, 3.8) is 0 Å². The first-order valence-electron chi connectivity index (χ1n) is 8.34. The van der Waals surface area contributed by atoms with Crippen molar-refractivity contribution in [2.45, 2.75) is 6.54 Å². The van der Waals surface area contributed by atoms with Gasteiger partial charge in [-0.2, -0.15) is 0 Å². The molecule has 1 saturated heterocycles. The van der Waals surface area contributed by atoms with Crippen molar-refractivity contribution in [3.05, 3.63) is 51.5 Å². The third-order valence-corrected chi connectivity index (χ3v) is 5.95. The molecule has 0 unspecified atom stereocenters. The summed E-state index contributed by atoms with van der Waals surface area (Å²) in [6.07, 6.45) is 0. The maximum atomic E-state index is 12.9. The fraction of sp³-hybridized carbons (Fsp3) is 0.333. The van der Waals surface area contributed by atoms with Gasteiger partial charge in [-0.3, -0.25) is 14.3 Å². The highest BCUT2D eigenvalue weighted by atomic mass is 32.1. The first-order chi connectivity index (χ1) is 12.2. The highest BCUT2D eigenvalue weighted by molar-refractivity contribution is 7.71. The van der Waals surface area contributed by atoms with Crippen molar-refractivity contribution in [1.29, 1.82) is 0 Å². The van der Waals surface area contributed by atoms with Gasteiger partial charge in [0.15, 0.2) is 4.77 Å². The molecule has 0 amide bonds. The summed E-state index contributed by atoms with van der Waals surface area (Å²) < 4.78 is 8.27. The Labute approximate surface area is 154 Å². The fourth-order valence-corrected chi connectivity index (χ4v) is 4.41. The first-order valence-corrected chi connectivity index (χ1v) is 9.57. The number of ether oxygens (including phenoxy) is 1. The quantitative estimate of drug-likeness (QED) is 0.714. The number of rotatable bonds is 4. The summed E-state index contributed by atoms with van der Waals surface area (Å²) in [7, 11) is 0. The van der Waals surface area contributed by atoms with Crippen molar-refractivity contribution in [1.82, 2.24) is 14.5 Å². The number of hydrogen-bond acceptors (Lipinski definition) is 5. The smallest absolute Gasteiger partial charge is 0.272 e. The predicted octanol–water partition coefficient (Wildman–Crippen LogP) is 3.12. The van der Waals surface area contributed by atoms with E-state index >= 15 is 0 Å². The molecule has 130 valence electrons. The van der Waals surface area contributed by atoms with Gasteiger partial charge in [-0.25, -0.2) is 0 Å². The molecule has 0 spiro atoms. The van der Waals surface area contributed by atoms with E-state index in [1.165, 1.54) is 11.3 Å². The monoisotopic (exact) mass is 373 g/mol. The number of benzene rings is 1. The van der Waals surface area contributed by atoms with E-state index in [1.807, 2.05) is 24.3 Å². The van der Waals surface area contributed by atoms with Gasteiger partial charge < -0.3 is 9.72 Å². The minimum atomic E-state index is -0.000749. The van der Waals surface area contributed by atoms with Crippen molar-refractivity contribution >= 4 is 33.8 Å². The van der Waals surface area contributed by atoms with E-state index in [0.29, 0.717) is 11.3 Å². The highest BCUT2D eigenvalue weighted by Gasteiger charge is 2.14. The van der Waals surface area contributed by atoms with Crippen LogP contribution in [0.4, 0.5) is 0 Å². The van der Waals surface area contributed by atoms with E-state index in [-0.39, 0.29) is 5.56 Å². The van der Waals surface area contributed by atoms with Gasteiger partial charge in [-0.05, 0) is 23.8 Å². The zero-order valence-electron chi connectivity index (χ0n) is 13.7. The number of nitrogens with zero attached hydrogens (tertiary/aromatic N) is 2. The van der Waals surface area contributed by atoms with Crippen molar-refractivity contribution in [2.75, 3.05) is 32.8 Å². The molecule has 4 rings (SSSR count). The second-order valence-corrected chi connectivity index (χ2v) is 7.50. The van der Waals surface area contributed by atoms with Crippen LogP contribution in [-0.4, -0.2) is 47.3 Å². The Morgan fingerprint density at radius 3 is 2.68 bits per heavy atom. The topological polar surface area (TPSA) is 50.3 Å². The van der Waals surface area contributed by atoms with Gasteiger partial charge in [0, 0.05) is 31.1 Å². The van der Waals surface area contributed by atoms with Gasteiger partial charge in [0.05, 0.1) is 18.7 Å². The number of aromatic nitrogens is 2. The number of morpholine rings is 1. The minimum absolute atomic E-state index is 0.000749. The highest BCUT2D eigenvalue weighted by Crippen LogP contribution is 2.30. The van der Waals surface area contributed by atoms with Gasteiger partial charge in [-0.1, -0.05) is 30.3 Å². The Morgan fingerprint density at radius 1 is 1.16 bits per heavy atom. The maximum Gasteiger partial charge on any atom is 0.272 e. The summed E-state index contributed by atoms with van der Waals surface area (Å²) in [5.74, 6) is 0. The van der Waals surface area contributed by atoms with Crippen LogP contribution in [0.5, 0.6) is 0 Å². The number of aromatic amines is 1. The molecule has 7 heteroatoms. The van der Waals surface area contributed by atoms with Crippen LogP contribution < -0.4 is 5.56 Å². The molecule has 3 heterocycles. The zero-order valence-corrected chi connectivity index (χ0v) is 15.4. The average molecular weight is 374 g/mol. The molecule has 2 aromatic heterocycles. The largest absolute Gasteiger partial charge is 0.379 e. The van der Waals surface area contributed by atoms with E-state index < -0.39 is 0 Å². The van der Waals surface area contributed by atoms with Gasteiger partial charge in [0.1, 0.15) is 4.70 Å². The van der Waals surface area contributed by atoms with Gasteiger partial charge in [-0.15, -0.1) is 11.3 Å². The third-order valence-electron chi connectivity index (χ3n) is 4.46. The SMILES string of the molecule is O=c1c2sc(-c3ccccc3)cc2[nH]c(=S)n1CCN1CCOCC1. The summed E-state index contributed by atoms with van der Waals surface area (Å²) in [6, 6.07) is 12.1. The van der Waals surface area contributed by atoms with Crippen LogP contribution in [0, 0.1) is 4.77 Å². The summed E-state index contributed by atoms with van der Waals surface area (Å²) >= 11 is 6.95. The number of hydrogen-bond donors (Lipinski definition) is 1. The van der Waals surface area contributed by atoms with Crippen LogP contribution in [0.3, 0.4) is 0 Å². The van der Waals surface area contributed by atoms with Crippen LogP contribution in [0.1, 0.15) is 0 Å². The van der Waals surface area contributed by atoms with Crippen molar-refractivity contribution < 1.29 is 4.74 Å². The Balaban J connectivity index is 1.66. The normalized spacial score (nSPS) is 15.7. The van der Waals surface area contributed by atoms with Crippen LogP contribution in [0.2, 0.25) is 0 Å². The number of H-pyrrole nitrogens is 1. The molecule has 1 aliphatic heterocycles. The lowest BCUT2D eigenvalue weighted by atomic mass is 10.2. The van der Waals surface area contributed by atoms with Gasteiger partial charge in [0.25, 0.3) is 5.56 Å². The lowest BCUT2D eigenvalue weighted by Gasteiger charge is -2.26. The predicted molar refractivity (Wildman–Crippen MR) is 104 cm³/mol. The van der Waals surface area contributed by atoms with Gasteiger partial charge >= 0.3 is 0 Å². The maximum absolute atomic E-state index is 12.9. The molecule has 1 N–H and O–H groups in total. The first kappa shape index (κ1) is 16.7. The lowest BCUT2D eigenvalue weighted by Crippen LogP contribution is -2.39. The third kappa shape index (κ3) is 3.46. The average Bonchev–Trinajstić information content (AvgIpc) is 3.07. The van der Waals surface area contributed by atoms with E-state index in [2.05, 4.69) is 22.0 Å². The van der Waals surface area contributed by atoms with Gasteiger partial charge in [0.2, 0.25) is 0 Å². The Morgan fingerprint density at radius 2 is 1.92 bits per heavy atom. The van der Waals surface area contributed by atoms with Crippen LogP contribution in [-0.2, 0) is 11.3 Å². The number of fused-ring (bicyclic) bond motifs is 1. The number of thiophene rings is 1. The Hall–Kier alpha value is -1.80. The molecule has 25 heavy (non-hydrogen) atoms. The molecule has 1 fully saturated rings. The standard InChI is InChI=1S/C18H19N3O2S2/c22-17-16-14(12-15(25-16)13-4-2-1-3-5-13)19-18(24)21(17)7-6-20-8-10-23-11-9-20/h1-5,12H,6-11H2,(H,19,24). The Kier molecular flexibility index (Phi) is 4.80. The summed E-state index contributed by atoms with van der Waals surface area (Å²) in [5, 5.41) is 0. The van der Waals surface area contributed by atoms with Crippen molar-refractivity contribution in [3.8, 4) is 10.4 Å². The van der Waals surface area contributed by atoms with Crippen molar-refractivity contribution in [2.24, 2.45) is 0 Å². The molecule has 1 aromatic carbocycles. The van der Waals surface area contributed by atoms with E-state index in [0.717, 1.165) is 53.5 Å². The Bertz CT molecular complexity index is 985. The molecule has 5 nitrogen and oxygen atoms in total. The molecule has 0 saturated carbocycles. The number of nitrogens with one attached hydrogen (secondary N) is 1. The lowest BCUT2D eigenvalue weighted by molar-refractivity contribution is 0.0362. The van der Waals surface area contributed by atoms with E-state index in [4.69, 9.17) is 17.0 Å². The van der Waals surface area contributed by atoms with Crippen LogP contribution >= 0.6 is 23.6 Å². The van der Waals surface area contributed by atoms with Crippen LogP contribution in [0.25, 0.3) is 20.7 Å². The zero-order chi connectivity index (χ0) is 17.2. The molecule has 0 atom stereocenters. The molecular weight excluding hydrogens is 354 g/mol. The second-order valence-electron chi connectivity index (χ2n) is 6.06. The molecule has 3 aromatic rings. The second kappa shape index (κ2) is 7.21. The minimum Gasteiger partial charge on any atom is -0.379 e. The fourth-order valence-electron chi connectivity index (χ4n) is 3.05. The molecule has 0 bridgehead atoms. The van der Waals surface area contributed by atoms with E-state index in [9.17, 15) is 4.79 Å². The molecule has 1 aliphatic rings. The molecule has 0 radical (unpaired) electrons. The molecule has 0 aliphatic carbocycles. The summed E-state index contributed by atoms with van der Waals surface area (Å²) in [6.45, 7) is 4.74. The summed E-state index contributed by atoms with van der Waals surface area (Å²) in [4.78, 5) is 19.5.